The van der Waals surface area contributed by atoms with E-state index in [0.29, 0.717) is 42.4 Å². The van der Waals surface area contributed by atoms with Crippen LogP contribution in [0.2, 0.25) is 5.02 Å². The third-order valence-electron chi connectivity index (χ3n) is 4.12. The van der Waals surface area contributed by atoms with E-state index in [1.165, 1.54) is 11.3 Å². The Bertz CT molecular complexity index is 1360. The van der Waals surface area contributed by atoms with Crippen molar-refractivity contribution in [3.8, 4) is 10.6 Å². The van der Waals surface area contributed by atoms with E-state index in [2.05, 4.69) is 30.7 Å². The fraction of sp³-hybridized carbons (Fsp3) is 0.0588. The van der Waals surface area contributed by atoms with Gasteiger partial charge in [0.1, 0.15) is 0 Å². The molecule has 0 unspecified atom stereocenters. The van der Waals surface area contributed by atoms with Gasteiger partial charge in [0.15, 0.2) is 10.0 Å². The second-order valence-corrected chi connectivity index (χ2v) is 8.35. The molecule has 6 nitrogen and oxygen atoms in total. The fourth-order valence-corrected chi connectivity index (χ4v) is 4.72. The highest BCUT2D eigenvalue weighted by Gasteiger charge is 2.35. The minimum atomic E-state index is -4.49. The average molecular weight is 453 g/mol. The number of thiazole rings is 1. The smallest absolute Gasteiger partial charge is 0.329 e. The molecular formula is C17H8ClF3N6S2. The van der Waals surface area contributed by atoms with E-state index < -0.39 is 11.2 Å². The van der Waals surface area contributed by atoms with Crippen LogP contribution in [0.3, 0.4) is 0 Å². The Hall–Kier alpha value is -2.76. The molecule has 0 saturated carbocycles. The van der Waals surface area contributed by atoms with Gasteiger partial charge in [-0.3, -0.25) is 5.10 Å². The van der Waals surface area contributed by atoms with Crippen molar-refractivity contribution in [1.29, 1.82) is 0 Å². The topological polar surface area (TPSA) is 79.4 Å². The Labute approximate surface area is 173 Å². The summed E-state index contributed by atoms with van der Waals surface area (Å²) in [5, 5.41) is 19.3. The molecule has 0 aliphatic heterocycles. The number of halogens is 4. The molecule has 3 aromatic heterocycles. The van der Waals surface area contributed by atoms with Gasteiger partial charge in [-0.05, 0) is 24.3 Å². The van der Waals surface area contributed by atoms with E-state index >= 15 is 0 Å². The van der Waals surface area contributed by atoms with E-state index in [1.54, 1.807) is 30.5 Å². The molecule has 0 fully saturated rings. The second-order valence-electron chi connectivity index (χ2n) is 5.96. The number of alkyl halides is 3. The number of nitrogens with one attached hydrogen (secondary N) is 2. The summed E-state index contributed by atoms with van der Waals surface area (Å²) in [6.45, 7) is 0. The van der Waals surface area contributed by atoms with Crippen LogP contribution in [-0.4, -0.2) is 25.4 Å². The minimum Gasteiger partial charge on any atom is -0.329 e. The number of rotatable bonds is 3. The van der Waals surface area contributed by atoms with Gasteiger partial charge < -0.3 is 5.32 Å². The molecule has 2 N–H and O–H groups in total. The molecule has 0 aliphatic carbocycles. The Balaban J connectivity index is 1.51. The summed E-state index contributed by atoms with van der Waals surface area (Å²) in [4.78, 5) is 3.78. The van der Waals surface area contributed by atoms with Crippen LogP contribution < -0.4 is 5.32 Å². The number of fused-ring (bicyclic) bond motifs is 2. The summed E-state index contributed by atoms with van der Waals surface area (Å²) >= 11 is 8.20. The minimum absolute atomic E-state index is 0.255. The summed E-state index contributed by atoms with van der Waals surface area (Å²) < 4.78 is 39.5. The molecule has 0 amide bonds. The largest absolute Gasteiger partial charge is 0.443 e. The zero-order valence-electron chi connectivity index (χ0n) is 14.1. The average Bonchev–Trinajstić information content (AvgIpc) is 3.42. The summed E-state index contributed by atoms with van der Waals surface area (Å²) in [5.74, 6) is 0. The predicted molar refractivity (Wildman–Crippen MR) is 108 cm³/mol. The Morgan fingerprint density at radius 1 is 1.07 bits per heavy atom. The first-order valence-corrected chi connectivity index (χ1v) is 10.1. The third-order valence-corrected chi connectivity index (χ3v) is 6.46. The zero-order chi connectivity index (χ0) is 20.2. The zero-order valence-corrected chi connectivity index (χ0v) is 16.5. The summed E-state index contributed by atoms with van der Waals surface area (Å²) in [6.07, 6.45) is -2.87. The number of nitrogens with zero attached hydrogens (tertiary/aromatic N) is 4. The first-order valence-electron chi connectivity index (χ1n) is 8.09. The molecular weight excluding hydrogens is 445 g/mol. The van der Waals surface area contributed by atoms with Crippen molar-refractivity contribution in [2.45, 2.75) is 6.18 Å². The highest BCUT2D eigenvalue weighted by atomic mass is 35.5. The van der Waals surface area contributed by atoms with Gasteiger partial charge in [-0.2, -0.15) is 18.3 Å². The first kappa shape index (κ1) is 18.3. The molecule has 5 rings (SSSR count). The van der Waals surface area contributed by atoms with E-state index in [1.807, 2.05) is 6.07 Å². The molecule has 3 heterocycles. The molecule has 0 radical (unpaired) electrons. The standard InChI is InChI=1S/C17H8ClF3N6S2/c18-12-8-6-22-25-9(8)4-5-10(12)23-16-27-26-14(29-16)7-2-1-3-11-13(7)24-15(28-11)17(19,20)21/h1-6H,(H,22,25)(H,23,27). The van der Waals surface area contributed by atoms with Crippen molar-refractivity contribution in [2.75, 3.05) is 5.32 Å². The van der Waals surface area contributed by atoms with Crippen molar-refractivity contribution in [3.63, 3.8) is 0 Å². The number of benzene rings is 2. The van der Waals surface area contributed by atoms with Crippen LogP contribution in [0.1, 0.15) is 5.01 Å². The van der Waals surface area contributed by atoms with Crippen LogP contribution in [0.25, 0.3) is 31.7 Å². The molecule has 12 heteroatoms. The van der Waals surface area contributed by atoms with Gasteiger partial charge in [0.25, 0.3) is 0 Å². The molecule has 0 bridgehead atoms. The lowest BCUT2D eigenvalue weighted by atomic mass is 10.2. The molecule has 146 valence electrons. The van der Waals surface area contributed by atoms with Crippen LogP contribution in [0.5, 0.6) is 0 Å². The van der Waals surface area contributed by atoms with Crippen molar-refractivity contribution < 1.29 is 13.2 Å². The number of anilines is 2. The number of aromatic amines is 1. The lowest BCUT2D eigenvalue weighted by Gasteiger charge is -2.05. The maximum Gasteiger partial charge on any atom is 0.443 e. The number of hydrogen-bond donors (Lipinski definition) is 2. The predicted octanol–water partition coefficient (Wildman–Crippen LogP) is 6.11. The molecule has 0 spiro atoms. The van der Waals surface area contributed by atoms with Gasteiger partial charge in [0.05, 0.1) is 32.6 Å². The van der Waals surface area contributed by atoms with Crippen molar-refractivity contribution >= 4 is 66.2 Å². The third kappa shape index (κ3) is 3.20. The molecule has 0 atom stereocenters. The molecule has 29 heavy (non-hydrogen) atoms. The van der Waals surface area contributed by atoms with E-state index in [9.17, 15) is 13.2 Å². The Morgan fingerprint density at radius 3 is 2.76 bits per heavy atom. The number of H-pyrrole nitrogens is 1. The van der Waals surface area contributed by atoms with Crippen LogP contribution in [0.15, 0.2) is 36.5 Å². The molecule has 5 aromatic rings. The molecule has 0 aliphatic rings. The van der Waals surface area contributed by atoms with Gasteiger partial charge >= 0.3 is 6.18 Å². The highest BCUT2D eigenvalue weighted by molar-refractivity contribution is 7.19. The maximum absolute atomic E-state index is 13.0. The summed E-state index contributed by atoms with van der Waals surface area (Å²) in [5.41, 5.74) is 2.17. The summed E-state index contributed by atoms with van der Waals surface area (Å²) in [6, 6.07) is 8.56. The second kappa shape index (κ2) is 6.65. The quantitative estimate of drug-likeness (QED) is 0.345. The number of para-hydroxylation sites is 1. The normalized spacial score (nSPS) is 12.1. The number of hydrogen-bond acceptors (Lipinski definition) is 7. The SMILES string of the molecule is FC(F)(F)c1nc2c(-c3nnc(Nc4ccc5[nH]ncc5c4Cl)s3)cccc2s1. The monoisotopic (exact) mass is 452 g/mol. The molecule has 0 saturated heterocycles. The van der Waals surface area contributed by atoms with E-state index in [0.717, 1.165) is 10.9 Å². The highest BCUT2D eigenvalue weighted by Crippen LogP contribution is 2.40. The van der Waals surface area contributed by atoms with Gasteiger partial charge in [-0.15, -0.1) is 21.5 Å². The van der Waals surface area contributed by atoms with E-state index in [4.69, 9.17) is 11.6 Å². The van der Waals surface area contributed by atoms with Gasteiger partial charge in [-0.1, -0.05) is 29.0 Å². The fourth-order valence-electron chi connectivity index (χ4n) is 2.82. The van der Waals surface area contributed by atoms with Crippen molar-refractivity contribution in [3.05, 3.63) is 46.6 Å². The van der Waals surface area contributed by atoms with Crippen molar-refractivity contribution in [1.82, 2.24) is 25.4 Å². The molecule has 2 aromatic carbocycles. The van der Waals surface area contributed by atoms with Crippen LogP contribution in [0.4, 0.5) is 24.0 Å². The summed E-state index contributed by atoms with van der Waals surface area (Å²) in [7, 11) is 0. The van der Waals surface area contributed by atoms with Gasteiger partial charge in [-0.25, -0.2) is 4.98 Å². The van der Waals surface area contributed by atoms with Crippen LogP contribution >= 0.6 is 34.3 Å². The number of aromatic nitrogens is 5. The first-order chi connectivity index (χ1) is 13.9. The lowest BCUT2D eigenvalue weighted by Crippen LogP contribution is -2.03. The van der Waals surface area contributed by atoms with Gasteiger partial charge in [0.2, 0.25) is 5.13 Å². The van der Waals surface area contributed by atoms with E-state index in [-0.39, 0.29) is 5.52 Å². The maximum atomic E-state index is 13.0. The lowest BCUT2D eigenvalue weighted by molar-refractivity contribution is -0.137. The van der Waals surface area contributed by atoms with Crippen molar-refractivity contribution in [2.24, 2.45) is 0 Å². The van der Waals surface area contributed by atoms with Crippen LogP contribution in [0, 0.1) is 0 Å². The van der Waals surface area contributed by atoms with Gasteiger partial charge in [0, 0.05) is 10.9 Å². The van der Waals surface area contributed by atoms with Crippen LogP contribution in [-0.2, 0) is 6.18 Å². The Morgan fingerprint density at radius 2 is 1.93 bits per heavy atom. The Kier molecular flexibility index (Phi) is 4.19.